The van der Waals surface area contributed by atoms with Crippen molar-refractivity contribution in [2.24, 2.45) is 0 Å². The summed E-state index contributed by atoms with van der Waals surface area (Å²) in [5.41, 5.74) is 0.456. The van der Waals surface area contributed by atoms with Gasteiger partial charge in [-0.3, -0.25) is 10.1 Å². The first-order valence-corrected chi connectivity index (χ1v) is 11.2. The van der Waals surface area contributed by atoms with E-state index in [1.165, 1.54) is 0 Å². The molecule has 0 bridgehead atoms. The molecule has 10 nitrogen and oxygen atoms in total. The molecule has 0 spiro atoms. The van der Waals surface area contributed by atoms with Gasteiger partial charge >= 0.3 is 12.1 Å². The van der Waals surface area contributed by atoms with Crippen LogP contribution in [-0.4, -0.2) is 31.5 Å². The van der Waals surface area contributed by atoms with Crippen molar-refractivity contribution >= 4 is 52.3 Å². The van der Waals surface area contributed by atoms with Gasteiger partial charge in [-0.15, -0.1) is 0 Å². The van der Waals surface area contributed by atoms with Crippen molar-refractivity contribution < 1.29 is 28.3 Å². The lowest BCUT2D eigenvalue weighted by Gasteiger charge is -2.08. The average Bonchev–Trinajstić information content (AvgIpc) is 3.25. The number of anilines is 1. The predicted molar refractivity (Wildman–Crippen MR) is 121 cm³/mol. The Bertz CT molecular complexity index is 1460. The molecule has 1 saturated carbocycles. The highest BCUT2D eigenvalue weighted by molar-refractivity contribution is 7.06. The minimum Gasteiger partial charge on any atom is -0.480 e. The Labute approximate surface area is 201 Å². The molecular weight excluding hydrogens is 484 g/mol. The van der Waals surface area contributed by atoms with Crippen LogP contribution in [0.1, 0.15) is 40.8 Å². The number of ether oxygens (including phenoxy) is 1. The number of aliphatic carboxylic acids is 1. The maximum absolute atomic E-state index is 12.3. The maximum atomic E-state index is 12.3. The lowest BCUT2D eigenvalue weighted by atomic mass is 10.1. The zero-order valence-electron chi connectivity index (χ0n) is 17.5. The van der Waals surface area contributed by atoms with Crippen molar-refractivity contribution in [3.05, 3.63) is 57.2 Å². The molecule has 2 N–H and O–H groups in total. The van der Waals surface area contributed by atoms with Crippen molar-refractivity contribution in [1.29, 1.82) is 0 Å². The molecule has 3 heterocycles. The molecule has 1 fully saturated rings. The normalized spacial score (nSPS) is 13.8. The van der Waals surface area contributed by atoms with E-state index in [0.29, 0.717) is 34.8 Å². The van der Waals surface area contributed by atoms with Gasteiger partial charge in [-0.05, 0) is 43.3 Å². The Balaban J connectivity index is 1.29. The molecule has 0 atom stereocenters. The number of oxazole rings is 2. The zero-order valence-corrected chi connectivity index (χ0v) is 19.1. The summed E-state index contributed by atoms with van der Waals surface area (Å²) >= 11 is 7.24. The number of halogens is 1. The van der Waals surface area contributed by atoms with Gasteiger partial charge in [0.25, 0.3) is 17.3 Å². The van der Waals surface area contributed by atoms with E-state index in [-0.39, 0.29) is 29.8 Å². The second-order valence-electron chi connectivity index (χ2n) is 7.54. The number of hydrogen-bond donors (Lipinski definition) is 2. The third kappa shape index (κ3) is 4.09. The summed E-state index contributed by atoms with van der Waals surface area (Å²) < 4.78 is 20.4. The van der Waals surface area contributed by atoms with Gasteiger partial charge in [-0.1, -0.05) is 29.8 Å². The molecular formula is C22H15ClN4O6S. The Morgan fingerprint density at radius 3 is 2.71 bits per heavy atom. The number of benzene rings is 1. The van der Waals surface area contributed by atoms with E-state index in [9.17, 15) is 14.7 Å². The third-order valence-corrected chi connectivity index (χ3v) is 6.36. The van der Waals surface area contributed by atoms with Crippen LogP contribution in [0, 0.1) is 18.8 Å². The fraction of sp³-hybridized carbons (Fsp3) is 0.227. The zero-order chi connectivity index (χ0) is 23.9. The number of aryl methyl sites for hydroxylation is 1. The molecule has 172 valence electrons. The molecule has 0 radical (unpaired) electrons. The van der Waals surface area contributed by atoms with Crippen molar-refractivity contribution in [3.8, 4) is 11.8 Å². The van der Waals surface area contributed by atoms with Crippen LogP contribution in [-0.2, 0) is 21.6 Å². The van der Waals surface area contributed by atoms with E-state index in [1.54, 1.807) is 31.2 Å². The number of hydrogen-bond acceptors (Lipinski definition) is 9. The van der Waals surface area contributed by atoms with Crippen LogP contribution in [0.25, 0.3) is 11.4 Å². The van der Waals surface area contributed by atoms with E-state index in [2.05, 4.69) is 31.5 Å². The van der Waals surface area contributed by atoms with Crippen LogP contribution in [0.2, 0.25) is 5.02 Å². The summed E-state index contributed by atoms with van der Waals surface area (Å²) in [7, 11) is 0. The number of rotatable bonds is 5. The van der Waals surface area contributed by atoms with E-state index in [1.807, 2.05) is 0 Å². The summed E-state index contributed by atoms with van der Waals surface area (Å²) in [5, 5.41) is 12.5. The molecule has 1 amide bonds. The molecule has 1 aromatic carbocycles. The first-order valence-electron chi connectivity index (χ1n) is 10.0. The van der Waals surface area contributed by atoms with E-state index < -0.39 is 17.5 Å². The van der Waals surface area contributed by atoms with Crippen LogP contribution in [0.15, 0.2) is 33.1 Å². The monoisotopic (exact) mass is 498 g/mol. The second-order valence-corrected chi connectivity index (χ2v) is 8.93. The SMILES string of the molecule is Cc1snc(C#Cc2nc3oc(C4(C(=O)O)CC4)nc3o2)c1NC(=O)OCc1ccccc1Cl. The topological polar surface area (TPSA) is 141 Å². The summed E-state index contributed by atoms with van der Waals surface area (Å²) in [6, 6.07) is 7.07. The summed E-state index contributed by atoms with van der Waals surface area (Å²) in [6.45, 7) is 1.79. The Morgan fingerprint density at radius 2 is 2.00 bits per heavy atom. The van der Waals surface area contributed by atoms with Crippen LogP contribution in [0.3, 0.4) is 0 Å². The Kier molecular flexibility index (Phi) is 5.47. The molecule has 12 heteroatoms. The van der Waals surface area contributed by atoms with Crippen LogP contribution < -0.4 is 5.32 Å². The van der Waals surface area contributed by atoms with Crippen LogP contribution in [0.4, 0.5) is 10.5 Å². The largest absolute Gasteiger partial charge is 0.480 e. The average molecular weight is 499 g/mol. The molecule has 1 aliphatic rings. The number of carbonyl (C=O) groups is 2. The van der Waals surface area contributed by atoms with Crippen molar-refractivity contribution in [3.63, 3.8) is 0 Å². The maximum Gasteiger partial charge on any atom is 0.412 e. The standard InChI is InChI=1S/C22H15ClN4O6S/c1-11-16(25-21(30)31-10-12-4-2-3-5-13(12)23)14(27-34-11)6-7-15-24-17-18(32-15)26-19(33-17)22(8-9-22)20(28)29/h2-5H,8-10H2,1H3,(H,25,30)(H,28,29). The summed E-state index contributed by atoms with van der Waals surface area (Å²) in [4.78, 5) is 32.7. The van der Waals surface area contributed by atoms with Crippen molar-refractivity contribution in [2.75, 3.05) is 5.32 Å². The van der Waals surface area contributed by atoms with Gasteiger partial charge in [0.15, 0.2) is 5.69 Å². The quantitative estimate of drug-likeness (QED) is 0.380. The van der Waals surface area contributed by atoms with Gasteiger partial charge in [-0.25, -0.2) is 4.79 Å². The third-order valence-electron chi connectivity index (χ3n) is 5.24. The van der Waals surface area contributed by atoms with Gasteiger partial charge < -0.3 is 18.7 Å². The van der Waals surface area contributed by atoms with Crippen LogP contribution >= 0.6 is 23.1 Å². The van der Waals surface area contributed by atoms with E-state index in [0.717, 1.165) is 16.4 Å². The van der Waals surface area contributed by atoms with Gasteiger partial charge in [0.05, 0.1) is 5.69 Å². The summed E-state index contributed by atoms with van der Waals surface area (Å²) in [6.07, 6.45) is 0.236. The highest BCUT2D eigenvalue weighted by atomic mass is 35.5. The van der Waals surface area contributed by atoms with E-state index >= 15 is 0 Å². The van der Waals surface area contributed by atoms with Crippen molar-refractivity contribution in [1.82, 2.24) is 14.3 Å². The molecule has 4 aromatic rings. The molecule has 0 aliphatic heterocycles. The first-order chi connectivity index (χ1) is 16.4. The van der Waals surface area contributed by atoms with E-state index in [4.69, 9.17) is 25.2 Å². The number of amides is 1. The smallest absolute Gasteiger partial charge is 0.412 e. The van der Waals surface area contributed by atoms with Gasteiger partial charge in [0, 0.05) is 21.4 Å². The molecule has 34 heavy (non-hydrogen) atoms. The highest BCUT2D eigenvalue weighted by Gasteiger charge is 2.56. The molecule has 0 unspecified atom stereocenters. The fourth-order valence-corrected chi connectivity index (χ4v) is 3.95. The first kappa shape index (κ1) is 21.9. The van der Waals surface area contributed by atoms with Gasteiger partial charge in [-0.2, -0.15) is 14.3 Å². The molecule has 0 saturated heterocycles. The number of aromatic nitrogens is 3. The van der Waals surface area contributed by atoms with Crippen molar-refractivity contribution in [2.45, 2.75) is 31.8 Å². The second kappa shape index (κ2) is 8.48. The minimum absolute atomic E-state index is 0.0106. The number of carboxylic acids is 1. The fourth-order valence-electron chi connectivity index (χ4n) is 3.16. The minimum atomic E-state index is -1.09. The highest BCUT2D eigenvalue weighted by Crippen LogP contribution is 2.48. The molecule has 5 rings (SSSR count). The van der Waals surface area contributed by atoms with Gasteiger partial charge in [0.1, 0.15) is 12.0 Å². The number of nitrogens with zero attached hydrogens (tertiary/aromatic N) is 3. The number of nitrogens with one attached hydrogen (secondary N) is 1. The number of carbonyl (C=O) groups excluding carboxylic acids is 1. The lowest BCUT2D eigenvalue weighted by molar-refractivity contribution is -0.140. The summed E-state index contributed by atoms with van der Waals surface area (Å²) in [5.74, 6) is 4.63. The van der Waals surface area contributed by atoms with Crippen LogP contribution in [0.5, 0.6) is 0 Å². The molecule has 3 aromatic heterocycles. The van der Waals surface area contributed by atoms with Gasteiger partial charge in [0.2, 0.25) is 5.89 Å². The predicted octanol–water partition coefficient (Wildman–Crippen LogP) is 4.50. The number of carboxylic acid groups (broad SMARTS) is 1. The molecule has 1 aliphatic carbocycles. The number of fused-ring (bicyclic) bond motifs is 1. The Morgan fingerprint density at radius 1 is 1.24 bits per heavy atom. The lowest BCUT2D eigenvalue weighted by Crippen LogP contribution is -2.19. The Hall–Kier alpha value is -3.88.